The quantitative estimate of drug-likeness (QED) is 0.167. The maximum atomic E-state index is 12.5. The van der Waals surface area contributed by atoms with Crippen molar-refractivity contribution in [1.29, 1.82) is 0 Å². The van der Waals surface area contributed by atoms with Crippen molar-refractivity contribution in [1.82, 2.24) is 4.98 Å². The largest absolute Gasteiger partial charge is 0.422 e. The average Bonchev–Trinajstić information content (AvgIpc) is 3.33. The number of carbonyl (C=O) groups is 2. The molecule has 0 radical (unpaired) electrons. The smallest absolute Gasteiger partial charge is 0.363 e. The molecule has 0 unspecified atom stereocenters. The molecule has 0 bridgehead atoms. The molecular formula is C23H15Cl2N3O3S2. The van der Waals surface area contributed by atoms with Gasteiger partial charge in [-0.3, -0.25) is 0 Å². The molecule has 1 heterocycles. The second kappa shape index (κ2) is 10.3. The molecule has 4 rings (SSSR count). The molecule has 2 amide bonds. The number of nitrogens with one attached hydrogen (secondary N) is 1. The Morgan fingerprint density at radius 1 is 0.970 bits per heavy atom. The van der Waals surface area contributed by atoms with Crippen LogP contribution in [-0.2, 0) is 0 Å². The van der Waals surface area contributed by atoms with Gasteiger partial charge < -0.3 is 10.1 Å². The van der Waals surface area contributed by atoms with E-state index in [0.29, 0.717) is 27.2 Å². The highest BCUT2D eigenvalue weighted by Gasteiger charge is 2.16. The molecule has 3 aromatic carbocycles. The molecule has 0 aliphatic carbocycles. The van der Waals surface area contributed by atoms with Crippen molar-refractivity contribution in [3.63, 3.8) is 0 Å². The van der Waals surface area contributed by atoms with Gasteiger partial charge in [0.15, 0.2) is 5.69 Å². The monoisotopic (exact) mass is 515 g/mol. The molecule has 0 atom stereocenters. The van der Waals surface area contributed by atoms with Crippen molar-refractivity contribution >= 4 is 70.7 Å². The van der Waals surface area contributed by atoms with Gasteiger partial charge in [-0.2, -0.15) is 0 Å². The SMILES string of the molecule is O=C(Oc1ccc(N(S)C(=O)Nc2ccc(Cl)c(Cl)c2)cc1)c1csc(-c2ccccc2)n1. The summed E-state index contributed by atoms with van der Waals surface area (Å²) in [5.41, 5.74) is 2.09. The fourth-order valence-corrected chi connectivity index (χ4v) is 4.04. The summed E-state index contributed by atoms with van der Waals surface area (Å²) in [5, 5.41) is 5.76. The van der Waals surface area contributed by atoms with Crippen LogP contribution in [0.3, 0.4) is 0 Å². The van der Waals surface area contributed by atoms with Gasteiger partial charge in [-0.05, 0) is 42.5 Å². The lowest BCUT2D eigenvalue weighted by Gasteiger charge is -2.17. The highest BCUT2D eigenvalue weighted by atomic mass is 35.5. The predicted molar refractivity (Wildman–Crippen MR) is 136 cm³/mol. The van der Waals surface area contributed by atoms with Crippen LogP contribution in [-0.4, -0.2) is 17.0 Å². The number of esters is 1. The van der Waals surface area contributed by atoms with E-state index in [1.165, 1.54) is 17.4 Å². The summed E-state index contributed by atoms with van der Waals surface area (Å²) in [6.07, 6.45) is 0. The Morgan fingerprint density at radius 3 is 2.39 bits per heavy atom. The standard InChI is InChI=1S/C23H15Cl2N3O3S2/c24-18-11-6-15(12-19(18)25)26-23(30)28(32)16-7-9-17(10-8-16)31-22(29)20-13-33-21(27-20)14-4-2-1-3-5-14/h1-13,32H,(H,26,30). The number of hydrogen-bond acceptors (Lipinski definition) is 6. The van der Waals surface area contributed by atoms with Crippen LogP contribution in [0.25, 0.3) is 10.6 Å². The van der Waals surface area contributed by atoms with E-state index in [9.17, 15) is 9.59 Å². The highest BCUT2D eigenvalue weighted by Crippen LogP contribution is 2.27. The minimum absolute atomic E-state index is 0.222. The van der Waals surface area contributed by atoms with Crippen LogP contribution < -0.4 is 14.4 Å². The molecule has 1 N–H and O–H groups in total. The van der Waals surface area contributed by atoms with Crippen molar-refractivity contribution in [2.45, 2.75) is 0 Å². The molecule has 0 saturated heterocycles. The number of thiol groups is 1. The van der Waals surface area contributed by atoms with E-state index in [2.05, 4.69) is 23.1 Å². The van der Waals surface area contributed by atoms with Crippen molar-refractivity contribution in [2.75, 3.05) is 9.62 Å². The first-order valence-electron chi connectivity index (χ1n) is 9.49. The van der Waals surface area contributed by atoms with Crippen LogP contribution >= 0.6 is 47.4 Å². The maximum Gasteiger partial charge on any atom is 0.363 e. The minimum Gasteiger partial charge on any atom is -0.422 e. The second-order valence-corrected chi connectivity index (χ2v) is 8.73. The summed E-state index contributed by atoms with van der Waals surface area (Å²) in [6, 6.07) is 20.1. The minimum atomic E-state index is -0.568. The van der Waals surface area contributed by atoms with E-state index in [-0.39, 0.29) is 5.69 Å². The van der Waals surface area contributed by atoms with Gasteiger partial charge in [-0.1, -0.05) is 66.3 Å². The second-order valence-electron chi connectivity index (χ2n) is 6.66. The van der Waals surface area contributed by atoms with Crippen molar-refractivity contribution in [3.8, 4) is 16.3 Å². The van der Waals surface area contributed by atoms with Gasteiger partial charge in [0, 0.05) is 16.6 Å². The van der Waals surface area contributed by atoms with Gasteiger partial charge in [0.25, 0.3) is 0 Å². The molecule has 10 heteroatoms. The van der Waals surface area contributed by atoms with Crippen LogP contribution in [0.2, 0.25) is 10.0 Å². The first-order valence-corrected chi connectivity index (χ1v) is 11.5. The molecular weight excluding hydrogens is 501 g/mol. The Morgan fingerprint density at radius 2 is 1.70 bits per heavy atom. The Kier molecular flexibility index (Phi) is 7.20. The molecule has 0 fully saturated rings. The van der Waals surface area contributed by atoms with Crippen molar-refractivity contribution < 1.29 is 14.3 Å². The topological polar surface area (TPSA) is 71.5 Å². The number of benzene rings is 3. The lowest BCUT2D eigenvalue weighted by Crippen LogP contribution is -2.26. The van der Waals surface area contributed by atoms with E-state index in [1.807, 2.05) is 30.3 Å². The number of ether oxygens (including phenoxy) is 1. The number of amides is 2. The zero-order chi connectivity index (χ0) is 23.4. The molecule has 166 valence electrons. The summed E-state index contributed by atoms with van der Waals surface area (Å²) in [7, 11) is 0. The molecule has 0 aliphatic rings. The molecule has 6 nitrogen and oxygen atoms in total. The Hall–Kier alpha value is -3.04. The summed E-state index contributed by atoms with van der Waals surface area (Å²) in [4.78, 5) is 29.2. The van der Waals surface area contributed by atoms with Crippen LogP contribution in [0.5, 0.6) is 5.75 Å². The lowest BCUT2D eigenvalue weighted by atomic mass is 10.2. The summed E-state index contributed by atoms with van der Waals surface area (Å²) in [6.45, 7) is 0. The van der Waals surface area contributed by atoms with Gasteiger partial charge in [0.2, 0.25) is 0 Å². The Balaban J connectivity index is 1.38. The zero-order valence-electron chi connectivity index (χ0n) is 16.7. The van der Waals surface area contributed by atoms with E-state index in [1.54, 1.807) is 41.8 Å². The number of aromatic nitrogens is 1. The van der Waals surface area contributed by atoms with Gasteiger partial charge in [-0.25, -0.2) is 18.9 Å². The molecule has 33 heavy (non-hydrogen) atoms. The number of thiazole rings is 1. The third kappa shape index (κ3) is 5.66. The first-order chi connectivity index (χ1) is 15.9. The third-order valence-electron chi connectivity index (χ3n) is 4.39. The lowest BCUT2D eigenvalue weighted by molar-refractivity contribution is 0.0729. The maximum absolute atomic E-state index is 12.5. The number of carbonyl (C=O) groups excluding carboxylic acids is 2. The summed E-state index contributed by atoms with van der Waals surface area (Å²) < 4.78 is 6.51. The number of nitrogens with zero attached hydrogens (tertiary/aromatic N) is 2. The zero-order valence-corrected chi connectivity index (χ0v) is 20.0. The first kappa shape index (κ1) is 23.1. The fraction of sp³-hybridized carbons (Fsp3) is 0. The normalized spacial score (nSPS) is 10.5. The van der Waals surface area contributed by atoms with E-state index < -0.39 is 12.0 Å². The number of anilines is 2. The number of rotatable bonds is 5. The van der Waals surface area contributed by atoms with Gasteiger partial charge >= 0.3 is 12.0 Å². The van der Waals surface area contributed by atoms with E-state index in [0.717, 1.165) is 14.9 Å². The van der Waals surface area contributed by atoms with E-state index in [4.69, 9.17) is 27.9 Å². The highest BCUT2D eigenvalue weighted by molar-refractivity contribution is 7.82. The molecule has 4 aromatic rings. The molecule has 0 saturated carbocycles. The predicted octanol–water partition coefficient (Wildman–Crippen LogP) is 7.22. The van der Waals surface area contributed by atoms with Crippen LogP contribution in [0.1, 0.15) is 10.5 Å². The summed E-state index contributed by atoms with van der Waals surface area (Å²) in [5.74, 6) is -0.258. The third-order valence-corrected chi connectivity index (χ3v) is 6.43. The van der Waals surface area contributed by atoms with Gasteiger partial charge in [0.05, 0.1) is 15.7 Å². The van der Waals surface area contributed by atoms with Crippen molar-refractivity contribution in [2.24, 2.45) is 0 Å². The Bertz CT molecular complexity index is 1300. The molecule has 0 aliphatic heterocycles. The van der Waals surface area contributed by atoms with Gasteiger partial charge in [0.1, 0.15) is 10.8 Å². The van der Waals surface area contributed by atoms with Crippen LogP contribution in [0, 0.1) is 0 Å². The number of hydrogen-bond donors (Lipinski definition) is 2. The number of halogens is 2. The van der Waals surface area contributed by atoms with E-state index >= 15 is 0 Å². The van der Waals surface area contributed by atoms with Crippen LogP contribution in [0.4, 0.5) is 16.2 Å². The van der Waals surface area contributed by atoms with Crippen molar-refractivity contribution in [3.05, 3.63) is 93.9 Å². The molecule has 1 aromatic heterocycles. The van der Waals surface area contributed by atoms with Gasteiger partial charge in [-0.15, -0.1) is 11.3 Å². The fourth-order valence-electron chi connectivity index (χ4n) is 2.76. The number of urea groups is 1. The molecule has 0 spiro atoms. The van der Waals surface area contributed by atoms with Crippen LogP contribution in [0.15, 0.2) is 78.2 Å². The average molecular weight is 516 g/mol. The Labute approximate surface area is 209 Å². The summed E-state index contributed by atoms with van der Waals surface area (Å²) >= 11 is 17.5.